The molecular formula is C10H11N3OVW-2. The molecule has 2 N–H and O–H groups in total. The molecule has 1 aromatic heterocycles. The Labute approximate surface area is 121 Å². The number of nitrogen functional groups attached to an aromatic ring is 1. The predicted molar refractivity (Wildman–Crippen MR) is 53.2 cm³/mol. The number of aryl methyl sites for hydroxylation is 1. The third kappa shape index (κ3) is 6.73. The molecule has 0 aliphatic heterocycles. The molecule has 85 valence electrons. The minimum Gasteiger partial charge on any atom is -0.613 e. The molecule has 0 fully saturated rings. The second-order valence-corrected chi connectivity index (χ2v) is 2.61. The van der Waals surface area contributed by atoms with Crippen molar-refractivity contribution in [3.8, 4) is 0 Å². The van der Waals surface area contributed by atoms with Gasteiger partial charge in [-0.1, -0.05) is 24.7 Å². The smallest absolute Gasteiger partial charge is 0.0550 e. The molecule has 2 aromatic rings. The zero-order valence-electron chi connectivity index (χ0n) is 8.75. The van der Waals surface area contributed by atoms with Crippen molar-refractivity contribution in [2.24, 2.45) is 0 Å². The van der Waals surface area contributed by atoms with Gasteiger partial charge < -0.3 is 10.2 Å². The number of nitrogens with zero attached hydrogens (tertiary/aromatic N) is 2. The summed E-state index contributed by atoms with van der Waals surface area (Å²) in [5.74, 6) is 0.551. The van der Waals surface area contributed by atoms with E-state index in [1.165, 1.54) is 0 Å². The van der Waals surface area contributed by atoms with Crippen molar-refractivity contribution in [1.29, 1.82) is 0 Å². The van der Waals surface area contributed by atoms with E-state index in [0.29, 0.717) is 5.89 Å². The van der Waals surface area contributed by atoms with Crippen molar-refractivity contribution in [3.63, 3.8) is 0 Å². The van der Waals surface area contributed by atoms with E-state index in [1.807, 2.05) is 24.3 Å². The van der Waals surface area contributed by atoms with Crippen LogP contribution in [0.25, 0.3) is 0 Å². The zero-order valence-corrected chi connectivity index (χ0v) is 13.1. The van der Waals surface area contributed by atoms with Crippen LogP contribution in [0.15, 0.2) is 28.7 Å². The molecule has 0 amide bonds. The van der Waals surface area contributed by atoms with Crippen LogP contribution in [0.3, 0.4) is 0 Å². The molecule has 0 unspecified atom stereocenters. The van der Waals surface area contributed by atoms with Crippen molar-refractivity contribution in [2.75, 3.05) is 5.73 Å². The Kier molecular flexibility index (Phi) is 10.5. The van der Waals surface area contributed by atoms with Gasteiger partial charge in [0.25, 0.3) is 0 Å². The van der Waals surface area contributed by atoms with Crippen LogP contribution in [0.5, 0.6) is 0 Å². The van der Waals surface area contributed by atoms with E-state index >= 15 is 0 Å². The molecule has 16 heavy (non-hydrogen) atoms. The van der Waals surface area contributed by atoms with Crippen molar-refractivity contribution in [2.45, 2.75) is 6.92 Å². The number of aromatic nitrogens is 2. The fraction of sp³-hybridized carbons (Fsp3) is 0.100. The van der Waals surface area contributed by atoms with Gasteiger partial charge in [0.2, 0.25) is 0 Å². The van der Waals surface area contributed by atoms with Gasteiger partial charge in [-0.3, -0.25) is 0 Å². The van der Waals surface area contributed by atoms with Gasteiger partial charge in [-0.25, -0.2) is 10.2 Å². The summed E-state index contributed by atoms with van der Waals surface area (Å²) in [4.78, 5) is 0. The minimum atomic E-state index is 0. The third-order valence-electron chi connectivity index (χ3n) is 1.48. The van der Waals surface area contributed by atoms with Gasteiger partial charge in [-0.2, -0.15) is 18.6 Å². The van der Waals surface area contributed by atoms with Crippen LogP contribution >= 0.6 is 0 Å². The monoisotopic (exact) mass is 424 g/mol. The van der Waals surface area contributed by atoms with Crippen LogP contribution in [0.1, 0.15) is 11.5 Å². The molecular weight excluding hydrogens is 413 g/mol. The summed E-state index contributed by atoms with van der Waals surface area (Å²) in [7, 11) is 0. The van der Waals surface area contributed by atoms with E-state index in [9.17, 15) is 0 Å². The van der Waals surface area contributed by atoms with Crippen LogP contribution in [-0.4, -0.2) is 10.2 Å². The van der Waals surface area contributed by atoms with Crippen molar-refractivity contribution in [1.82, 2.24) is 10.2 Å². The number of rotatable bonds is 0. The number of benzene rings is 1. The van der Waals surface area contributed by atoms with Gasteiger partial charge in [0.1, 0.15) is 0 Å². The summed E-state index contributed by atoms with van der Waals surface area (Å²) in [5.41, 5.74) is 7.11. The summed E-state index contributed by atoms with van der Waals surface area (Å²) in [6, 6.07) is 7.53. The molecule has 4 nitrogen and oxygen atoms in total. The Bertz CT molecular complexity index is 360. The van der Waals surface area contributed by atoms with Crippen molar-refractivity contribution < 1.29 is 44.0 Å². The molecule has 0 saturated heterocycles. The van der Waals surface area contributed by atoms with E-state index in [0.717, 1.165) is 11.3 Å². The second kappa shape index (κ2) is 9.52. The predicted octanol–water partition coefficient (Wildman–Crippen LogP) is 1.62. The van der Waals surface area contributed by atoms with Gasteiger partial charge in [0.05, 0.1) is 12.3 Å². The Hall–Kier alpha value is -0.697. The van der Waals surface area contributed by atoms with Gasteiger partial charge in [-0.05, 0) is 0 Å². The Morgan fingerprint density at radius 2 is 2.00 bits per heavy atom. The molecule has 1 aromatic carbocycles. The molecule has 0 aliphatic carbocycles. The van der Waals surface area contributed by atoms with Crippen LogP contribution in [0.4, 0.5) is 5.69 Å². The van der Waals surface area contributed by atoms with Crippen LogP contribution in [0, 0.1) is 20.2 Å². The molecule has 0 spiro atoms. The minimum absolute atomic E-state index is 0. The number of para-hydroxylation sites is 1. The Morgan fingerprint density at radius 1 is 1.38 bits per heavy atom. The number of hydrogen-bond acceptors (Lipinski definition) is 4. The van der Waals surface area contributed by atoms with Gasteiger partial charge in [0, 0.05) is 39.6 Å². The van der Waals surface area contributed by atoms with E-state index in [1.54, 1.807) is 6.92 Å². The molecule has 0 atom stereocenters. The average molecular weight is 424 g/mol. The number of anilines is 1. The Morgan fingerprint density at radius 3 is 2.25 bits per heavy atom. The van der Waals surface area contributed by atoms with Gasteiger partial charge in [-0.15, -0.1) is 6.07 Å². The second-order valence-electron chi connectivity index (χ2n) is 2.61. The molecule has 1 heterocycles. The SMILES string of the molecule is Cc1nn[c-]o1.[CH2-]c1ccccc1N.[V].[W]. The standard InChI is InChI=1S/C7H8N.C3H3N2O.V.W/c1-6-4-2-3-5-7(6)8;1-3-5-4-2-6-3;;/h2-5H,1,8H2;1H3;;/q2*-1;;. The van der Waals surface area contributed by atoms with Crippen LogP contribution in [0.2, 0.25) is 0 Å². The first-order valence-electron chi connectivity index (χ1n) is 4.03. The first-order chi connectivity index (χ1) is 6.70. The van der Waals surface area contributed by atoms with Crippen LogP contribution < -0.4 is 5.73 Å². The van der Waals surface area contributed by atoms with Gasteiger partial charge >= 0.3 is 0 Å². The van der Waals surface area contributed by atoms with E-state index in [2.05, 4.69) is 27.9 Å². The Balaban J connectivity index is 0. The third-order valence-corrected chi connectivity index (χ3v) is 1.48. The number of nitrogens with two attached hydrogens (primary N) is 1. The van der Waals surface area contributed by atoms with Gasteiger partial charge in [0.15, 0.2) is 0 Å². The topological polar surface area (TPSA) is 64.9 Å². The first kappa shape index (κ1) is 17.7. The zero-order chi connectivity index (χ0) is 10.4. The van der Waals surface area contributed by atoms with E-state index in [4.69, 9.17) is 5.73 Å². The summed E-state index contributed by atoms with van der Waals surface area (Å²) in [5, 5.41) is 6.72. The fourth-order valence-corrected chi connectivity index (χ4v) is 0.732. The quantitative estimate of drug-likeness (QED) is 0.516. The molecule has 6 heteroatoms. The largest absolute Gasteiger partial charge is 0.613 e. The molecule has 0 aliphatic rings. The maximum Gasteiger partial charge on any atom is 0.0550 e. The molecule has 0 saturated carbocycles. The molecule has 1 radical (unpaired) electrons. The molecule has 0 bridgehead atoms. The van der Waals surface area contributed by atoms with Crippen LogP contribution in [-0.2, 0) is 39.6 Å². The summed E-state index contributed by atoms with van der Waals surface area (Å²) in [6.45, 7) is 5.41. The maximum absolute atomic E-state index is 5.46. The maximum atomic E-state index is 5.46. The summed E-state index contributed by atoms with van der Waals surface area (Å²) < 4.78 is 4.49. The first-order valence-corrected chi connectivity index (χ1v) is 4.03. The normalized spacial score (nSPS) is 7.81. The van der Waals surface area contributed by atoms with Crippen molar-refractivity contribution in [3.05, 3.63) is 49.0 Å². The summed E-state index contributed by atoms with van der Waals surface area (Å²) >= 11 is 0. The van der Waals surface area contributed by atoms with E-state index in [-0.39, 0.29) is 39.6 Å². The average Bonchev–Trinajstić information content (AvgIpc) is 2.63. The number of hydrogen-bond donors (Lipinski definition) is 1. The fourth-order valence-electron chi connectivity index (χ4n) is 0.732. The van der Waals surface area contributed by atoms with E-state index < -0.39 is 0 Å². The molecule has 2 rings (SSSR count). The summed E-state index contributed by atoms with van der Waals surface area (Å²) in [6.07, 6.45) is 2.19. The van der Waals surface area contributed by atoms with Crippen molar-refractivity contribution >= 4 is 5.69 Å².